The van der Waals surface area contributed by atoms with Crippen molar-refractivity contribution in [3.8, 4) is 0 Å². The van der Waals surface area contributed by atoms with Crippen LogP contribution in [0.4, 0.5) is 0 Å². The van der Waals surface area contributed by atoms with Gasteiger partial charge in [0.1, 0.15) is 0 Å². The van der Waals surface area contributed by atoms with Crippen LogP contribution in [0.5, 0.6) is 0 Å². The predicted molar refractivity (Wildman–Crippen MR) is 117 cm³/mol. The number of hydrogen-bond acceptors (Lipinski definition) is 4. The number of rotatable bonds is 16. The van der Waals surface area contributed by atoms with Gasteiger partial charge < -0.3 is 19.5 Å². The van der Waals surface area contributed by atoms with E-state index in [-0.39, 0.29) is 22.5 Å². The molecular weight excluding hydrogens is 354 g/mol. The van der Waals surface area contributed by atoms with Crippen LogP contribution in [0.1, 0.15) is 93.9 Å². The smallest absolute Gasteiger partial charge is 0.222 e. The van der Waals surface area contributed by atoms with Gasteiger partial charge in [-0.1, -0.05) is 20.8 Å². The van der Waals surface area contributed by atoms with Crippen LogP contribution in [0.3, 0.4) is 0 Å². The van der Waals surface area contributed by atoms with Crippen LogP contribution in [-0.4, -0.2) is 50.1 Å². The summed E-state index contributed by atoms with van der Waals surface area (Å²) in [5, 5.41) is 2.95. The lowest BCUT2D eigenvalue weighted by Gasteiger charge is -2.31. The Balaban J connectivity index is 3.64. The van der Waals surface area contributed by atoms with Crippen molar-refractivity contribution in [2.24, 2.45) is 5.41 Å². The molecule has 0 aromatic carbocycles. The number of nitrogens with one attached hydrogen (secondary N) is 1. The van der Waals surface area contributed by atoms with E-state index in [2.05, 4.69) is 53.8 Å². The Labute approximate surface area is 174 Å². The molecule has 5 nitrogen and oxygen atoms in total. The van der Waals surface area contributed by atoms with E-state index in [4.69, 9.17) is 14.2 Å². The van der Waals surface area contributed by atoms with E-state index in [0.29, 0.717) is 19.6 Å². The van der Waals surface area contributed by atoms with E-state index in [0.717, 1.165) is 51.9 Å². The first-order valence-electron chi connectivity index (χ1n) is 11.0. The largest absolute Gasteiger partial charge is 0.381 e. The topological polar surface area (TPSA) is 56.8 Å². The van der Waals surface area contributed by atoms with Crippen LogP contribution in [0.2, 0.25) is 0 Å². The molecule has 0 aromatic heterocycles. The number of hydrogen-bond donors (Lipinski definition) is 1. The van der Waals surface area contributed by atoms with Crippen LogP contribution in [-0.2, 0) is 19.0 Å². The van der Waals surface area contributed by atoms with Crippen LogP contribution < -0.4 is 5.32 Å². The second kappa shape index (κ2) is 13.6. The molecule has 0 fully saturated rings. The Bertz CT molecular complexity index is 413. The molecule has 0 aliphatic carbocycles. The van der Waals surface area contributed by atoms with E-state index < -0.39 is 0 Å². The van der Waals surface area contributed by atoms with Crippen molar-refractivity contribution < 1.29 is 19.0 Å². The molecule has 0 saturated carbocycles. The second-order valence-corrected chi connectivity index (χ2v) is 10.0. The molecule has 0 rings (SSSR count). The highest BCUT2D eigenvalue weighted by Crippen LogP contribution is 2.25. The zero-order chi connectivity index (χ0) is 21.7. The van der Waals surface area contributed by atoms with Crippen molar-refractivity contribution in [2.75, 3.05) is 33.0 Å². The van der Waals surface area contributed by atoms with Crippen molar-refractivity contribution in [2.45, 2.75) is 105 Å². The fourth-order valence-corrected chi connectivity index (χ4v) is 2.72. The molecular formula is C23H47NO4. The molecule has 5 heteroatoms. The molecule has 0 atom stereocenters. The third kappa shape index (κ3) is 17.4. The third-order valence-corrected chi connectivity index (χ3v) is 4.71. The Kier molecular flexibility index (Phi) is 13.2. The number of amides is 1. The number of unbranched alkanes of at least 4 members (excludes halogenated alkanes) is 1. The molecule has 0 unspecified atom stereocenters. The first kappa shape index (κ1) is 27.4. The first-order chi connectivity index (χ1) is 12.9. The summed E-state index contributed by atoms with van der Waals surface area (Å²) in [5.41, 5.74) is 0.0164. The summed E-state index contributed by atoms with van der Waals surface area (Å²) in [4.78, 5) is 11.7. The Morgan fingerprint density at radius 3 is 1.93 bits per heavy atom. The summed E-state index contributed by atoms with van der Waals surface area (Å²) in [6.45, 7) is 20.5. The lowest BCUT2D eigenvalue weighted by atomic mass is 9.92. The number of carbonyl (C=O) groups is 1. The van der Waals surface area contributed by atoms with E-state index in [1.165, 1.54) is 0 Å². The molecule has 0 bridgehead atoms. The van der Waals surface area contributed by atoms with Gasteiger partial charge >= 0.3 is 0 Å². The van der Waals surface area contributed by atoms with Gasteiger partial charge in [-0.15, -0.1) is 0 Å². The molecule has 1 N–H and O–H groups in total. The molecule has 0 radical (unpaired) electrons. The predicted octanol–water partition coefficient (Wildman–Crippen LogP) is 5.12. The molecule has 0 spiro atoms. The fourth-order valence-electron chi connectivity index (χ4n) is 2.72. The molecule has 1 amide bonds. The van der Waals surface area contributed by atoms with Crippen molar-refractivity contribution in [1.29, 1.82) is 0 Å². The Morgan fingerprint density at radius 1 is 0.786 bits per heavy atom. The van der Waals surface area contributed by atoms with Gasteiger partial charge in [0.2, 0.25) is 5.91 Å². The van der Waals surface area contributed by atoms with Crippen molar-refractivity contribution >= 4 is 5.91 Å². The molecule has 0 heterocycles. The van der Waals surface area contributed by atoms with Gasteiger partial charge in [0.15, 0.2) is 0 Å². The Morgan fingerprint density at radius 2 is 1.36 bits per heavy atom. The summed E-state index contributed by atoms with van der Waals surface area (Å²) >= 11 is 0. The zero-order valence-electron chi connectivity index (χ0n) is 19.9. The van der Waals surface area contributed by atoms with Crippen molar-refractivity contribution in [3.05, 3.63) is 0 Å². The summed E-state index contributed by atoms with van der Waals surface area (Å²) in [6, 6.07) is 0. The monoisotopic (exact) mass is 401 g/mol. The highest BCUT2D eigenvalue weighted by atomic mass is 16.5. The highest BCUT2D eigenvalue weighted by Gasteiger charge is 2.25. The maximum absolute atomic E-state index is 11.7. The third-order valence-electron chi connectivity index (χ3n) is 4.71. The van der Waals surface area contributed by atoms with Crippen LogP contribution >= 0.6 is 0 Å². The number of carbonyl (C=O) groups excluding carboxylic acids is 1. The van der Waals surface area contributed by atoms with Crippen molar-refractivity contribution in [3.63, 3.8) is 0 Å². The molecule has 0 aromatic rings. The quantitative estimate of drug-likeness (QED) is 0.365. The lowest BCUT2D eigenvalue weighted by Crippen LogP contribution is -2.31. The SMILES string of the molecule is CCOC(C)(C)CCC(C)(C)OCCCCOCCC(=O)NCCC(C)(C)C. The molecule has 168 valence electrons. The Hall–Kier alpha value is -0.650. The molecule has 28 heavy (non-hydrogen) atoms. The minimum atomic E-state index is -0.139. The average Bonchev–Trinajstić information content (AvgIpc) is 2.54. The van der Waals surface area contributed by atoms with Gasteiger partial charge in [0.05, 0.1) is 17.8 Å². The van der Waals surface area contributed by atoms with Gasteiger partial charge in [-0.05, 0) is 72.1 Å². The van der Waals surface area contributed by atoms with Gasteiger partial charge in [-0.2, -0.15) is 0 Å². The molecule has 0 saturated heterocycles. The minimum absolute atomic E-state index is 0.0734. The molecule has 0 aliphatic rings. The zero-order valence-corrected chi connectivity index (χ0v) is 19.9. The van der Waals surface area contributed by atoms with Crippen LogP contribution in [0, 0.1) is 5.41 Å². The van der Waals surface area contributed by atoms with Gasteiger partial charge in [0.25, 0.3) is 0 Å². The highest BCUT2D eigenvalue weighted by molar-refractivity contribution is 5.75. The fraction of sp³-hybridized carbons (Fsp3) is 0.957. The summed E-state index contributed by atoms with van der Waals surface area (Å²) in [7, 11) is 0. The number of ether oxygens (including phenoxy) is 3. The average molecular weight is 402 g/mol. The van der Waals surface area contributed by atoms with Gasteiger partial charge in [-0.3, -0.25) is 4.79 Å². The second-order valence-electron chi connectivity index (χ2n) is 10.0. The van der Waals surface area contributed by atoms with Crippen molar-refractivity contribution in [1.82, 2.24) is 5.32 Å². The summed E-state index contributed by atoms with van der Waals surface area (Å²) in [5.74, 6) is 0.0734. The van der Waals surface area contributed by atoms with E-state index in [1.54, 1.807) is 0 Å². The van der Waals surface area contributed by atoms with E-state index in [9.17, 15) is 4.79 Å². The van der Waals surface area contributed by atoms with Gasteiger partial charge in [0, 0.05) is 32.8 Å². The van der Waals surface area contributed by atoms with Crippen LogP contribution in [0.15, 0.2) is 0 Å². The summed E-state index contributed by atoms with van der Waals surface area (Å²) < 4.78 is 17.4. The minimum Gasteiger partial charge on any atom is -0.381 e. The normalized spacial score (nSPS) is 13.0. The first-order valence-corrected chi connectivity index (χ1v) is 11.0. The standard InChI is InChI=1S/C23H47NO4/c1-9-27-22(5,6)13-14-23(7,8)28-18-11-10-17-26-19-12-20(25)24-16-15-21(2,3)4/h9-19H2,1-8H3,(H,24,25). The molecule has 0 aliphatic heterocycles. The lowest BCUT2D eigenvalue weighted by molar-refractivity contribution is -0.122. The van der Waals surface area contributed by atoms with E-state index in [1.807, 2.05) is 6.92 Å². The maximum Gasteiger partial charge on any atom is 0.222 e. The van der Waals surface area contributed by atoms with E-state index >= 15 is 0 Å². The van der Waals surface area contributed by atoms with Crippen LogP contribution in [0.25, 0.3) is 0 Å². The maximum atomic E-state index is 11.7. The van der Waals surface area contributed by atoms with Gasteiger partial charge in [-0.25, -0.2) is 0 Å². The summed E-state index contributed by atoms with van der Waals surface area (Å²) in [6.07, 6.45) is 5.29.